The lowest BCUT2D eigenvalue weighted by Gasteiger charge is -2.10. The Kier molecular flexibility index (Phi) is 5.72. The van der Waals surface area contributed by atoms with Crippen molar-refractivity contribution in [3.63, 3.8) is 0 Å². The molecule has 0 atom stereocenters. The van der Waals surface area contributed by atoms with Crippen LogP contribution >= 0.6 is 35.0 Å². The van der Waals surface area contributed by atoms with Crippen LogP contribution in [0.2, 0.25) is 10.0 Å². The average Bonchev–Trinajstić information content (AvgIpc) is 2.98. The highest BCUT2D eigenvalue weighted by Crippen LogP contribution is 2.37. The topological polar surface area (TPSA) is 30.7 Å². The van der Waals surface area contributed by atoms with Gasteiger partial charge in [0.1, 0.15) is 5.03 Å². The third kappa shape index (κ3) is 4.25. The summed E-state index contributed by atoms with van der Waals surface area (Å²) in [5, 5.41) is 7.02. The van der Waals surface area contributed by atoms with Crippen LogP contribution < -0.4 is 0 Å². The monoisotopic (exact) mass is 425 g/mol. The molecule has 28 heavy (non-hydrogen) atoms. The molecule has 4 aromatic rings. The maximum atomic E-state index is 6.22. The van der Waals surface area contributed by atoms with Gasteiger partial charge in [-0.25, -0.2) is 9.67 Å². The van der Waals surface area contributed by atoms with Gasteiger partial charge < -0.3 is 0 Å². The Morgan fingerprint density at radius 3 is 2.32 bits per heavy atom. The fraction of sp³-hybridized carbons (Fsp3) is 0.0909. The standard InChI is InChI=1S/C22H17Cl2N3S/c1-15-20(11-16-7-3-2-4-8-16)22(27(26-15)21-9-5-6-10-25-21)28-19-13-17(23)12-18(24)14-19/h2-10,12-14H,11H2,1H3. The molecule has 2 aromatic heterocycles. The molecule has 0 saturated heterocycles. The molecule has 0 radical (unpaired) electrons. The van der Waals surface area contributed by atoms with Crippen LogP contribution in [0.25, 0.3) is 5.82 Å². The summed E-state index contributed by atoms with van der Waals surface area (Å²) in [4.78, 5) is 5.44. The van der Waals surface area contributed by atoms with E-state index in [1.54, 1.807) is 24.0 Å². The number of rotatable bonds is 5. The second-order valence-corrected chi connectivity index (χ2v) is 8.27. The Hall–Kier alpha value is -2.27. The Bertz CT molecular complexity index is 1080. The Balaban J connectivity index is 1.82. The molecule has 3 nitrogen and oxygen atoms in total. The largest absolute Gasteiger partial charge is 0.237 e. The molecule has 0 unspecified atom stereocenters. The fourth-order valence-corrected chi connectivity index (χ4v) is 4.79. The van der Waals surface area contributed by atoms with Crippen LogP contribution in [0.3, 0.4) is 0 Å². The first-order valence-corrected chi connectivity index (χ1v) is 10.3. The summed E-state index contributed by atoms with van der Waals surface area (Å²) >= 11 is 14.0. The summed E-state index contributed by atoms with van der Waals surface area (Å²) in [6.07, 6.45) is 2.56. The smallest absolute Gasteiger partial charge is 0.154 e. The van der Waals surface area contributed by atoms with E-state index in [9.17, 15) is 0 Å². The highest BCUT2D eigenvalue weighted by atomic mass is 35.5. The first-order valence-electron chi connectivity index (χ1n) is 8.78. The zero-order valence-electron chi connectivity index (χ0n) is 15.1. The van der Waals surface area contributed by atoms with Crippen molar-refractivity contribution in [3.8, 4) is 5.82 Å². The van der Waals surface area contributed by atoms with E-state index in [1.165, 1.54) is 5.56 Å². The van der Waals surface area contributed by atoms with E-state index in [0.29, 0.717) is 10.0 Å². The van der Waals surface area contributed by atoms with Crippen molar-refractivity contribution in [2.75, 3.05) is 0 Å². The molecule has 0 aliphatic heterocycles. The lowest BCUT2D eigenvalue weighted by molar-refractivity contribution is 0.765. The van der Waals surface area contributed by atoms with Crippen LogP contribution in [0, 0.1) is 6.92 Å². The minimum Gasteiger partial charge on any atom is -0.237 e. The van der Waals surface area contributed by atoms with Gasteiger partial charge in [0.25, 0.3) is 0 Å². The number of pyridine rings is 1. The van der Waals surface area contributed by atoms with Gasteiger partial charge in [0.15, 0.2) is 5.82 Å². The van der Waals surface area contributed by atoms with Crippen molar-refractivity contribution < 1.29 is 0 Å². The zero-order valence-corrected chi connectivity index (χ0v) is 17.5. The molecular formula is C22H17Cl2N3S. The van der Waals surface area contributed by atoms with Gasteiger partial charge in [-0.15, -0.1) is 0 Å². The van der Waals surface area contributed by atoms with E-state index in [4.69, 9.17) is 28.3 Å². The lowest BCUT2D eigenvalue weighted by atomic mass is 10.1. The molecule has 2 heterocycles. The van der Waals surface area contributed by atoms with Crippen molar-refractivity contribution >= 4 is 35.0 Å². The normalized spacial score (nSPS) is 11.0. The van der Waals surface area contributed by atoms with Gasteiger partial charge in [-0.3, -0.25) is 0 Å². The molecule has 0 saturated carbocycles. The van der Waals surface area contributed by atoms with E-state index < -0.39 is 0 Å². The van der Waals surface area contributed by atoms with E-state index in [0.717, 1.165) is 33.4 Å². The van der Waals surface area contributed by atoms with Gasteiger partial charge >= 0.3 is 0 Å². The molecule has 0 N–H and O–H groups in total. The Morgan fingerprint density at radius 1 is 0.929 bits per heavy atom. The predicted octanol–water partition coefficient (Wildman–Crippen LogP) is 6.62. The number of hydrogen-bond donors (Lipinski definition) is 0. The van der Waals surface area contributed by atoms with Crippen molar-refractivity contribution in [2.45, 2.75) is 23.3 Å². The first-order chi connectivity index (χ1) is 13.6. The van der Waals surface area contributed by atoms with Crippen molar-refractivity contribution in [2.24, 2.45) is 0 Å². The number of benzene rings is 2. The van der Waals surface area contributed by atoms with Crippen molar-refractivity contribution in [1.29, 1.82) is 0 Å². The minimum absolute atomic E-state index is 0.611. The first kappa shape index (κ1) is 19.1. The number of aryl methyl sites for hydroxylation is 1. The maximum Gasteiger partial charge on any atom is 0.154 e. The molecule has 0 spiro atoms. The van der Waals surface area contributed by atoms with E-state index in [2.05, 4.69) is 29.2 Å². The predicted molar refractivity (Wildman–Crippen MR) is 116 cm³/mol. The zero-order chi connectivity index (χ0) is 19.5. The summed E-state index contributed by atoms with van der Waals surface area (Å²) in [5.74, 6) is 0.778. The van der Waals surface area contributed by atoms with E-state index in [1.807, 2.05) is 48.0 Å². The Morgan fingerprint density at radius 2 is 1.64 bits per heavy atom. The van der Waals surface area contributed by atoms with E-state index >= 15 is 0 Å². The second kappa shape index (κ2) is 8.39. The summed E-state index contributed by atoms with van der Waals surface area (Å²) in [7, 11) is 0. The summed E-state index contributed by atoms with van der Waals surface area (Å²) < 4.78 is 1.90. The molecule has 2 aromatic carbocycles. The molecule has 0 aliphatic rings. The minimum atomic E-state index is 0.611. The van der Waals surface area contributed by atoms with Crippen LogP contribution in [0.5, 0.6) is 0 Å². The van der Waals surface area contributed by atoms with Crippen molar-refractivity contribution in [3.05, 3.63) is 99.8 Å². The van der Waals surface area contributed by atoms with Crippen LogP contribution in [0.4, 0.5) is 0 Å². The van der Waals surface area contributed by atoms with Gasteiger partial charge in [0.2, 0.25) is 0 Å². The molecule has 140 valence electrons. The molecule has 0 aliphatic carbocycles. The highest BCUT2D eigenvalue weighted by Gasteiger charge is 2.19. The lowest BCUT2D eigenvalue weighted by Crippen LogP contribution is -2.01. The van der Waals surface area contributed by atoms with Gasteiger partial charge in [-0.1, -0.05) is 71.4 Å². The summed E-state index contributed by atoms with van der Waals surface area (Å²) in [6, 6.07) is 21.8. The highest BCUT2D eigenvalue weighted by molar-refractivity contribution is 7.99. The van der Waals surface area contributed by atoms with Crippen LogP contribution in [0.15, 0.2) is 82.8 Å². The quantitative estimate of drug-likeness (QED) is 0.359. The fourth-order valence-electron chi connectivity index (χ4n) is 2.98. The summed E-state index contributed by atoms with van der Waals surface area (Å²) in [5.41, 5.74) is 3.38. The van der Waals surface area contributed by atoms with Crippen LogP contribution in [-0.2, 0) is 6.42 Å². The molecule has 0 fully saturated rings. The second-order valence-electron chi connectivity index (χ2n) is 6.34. The van der Waals surface area contributed by atoms with Gasteiger partial charge in [-0.2, -0.15) is 5.10 Å². The van der Waals surface area contributed by atoms with Crippen molar-refractivity contribution in [1.82, 2.24) is 14.8 Å². The SMILES string of the molecule is Cc1nn(-c2ccccn2)c(Sc2cc(Cl)cc(Cl)c2)c1Cc1ccccc1. The average molecular weight is 426 g/mol. The third-order valence-corrected chi connectivity index (χ3v) is 5.80. The summed E-state index contributed by atoms with van der Waals surface area (Å²) in [6.45, 7) is 2.03. The van der Waals surface area contributed by atoms with E-state index in [-0.39, 0.29) is 0 Å². The van der Waals surface area contributed by atoms with Crippen LogP contribution in [-0.4, -0.2) is 14.8 Å². The molecule has 6 heteroatoms. The number of halogens is 2. The molecule has 4 rings (SSSR count). The van der Waals surface area contributed by atoms with Crippen LogP contribution in [0.1, 0.15) is 16.8 Å². The van der Waals surface area contributed by atoms with Gasteiger partial charge in [-0.05, 0) is 42.8 Å². The number of aromatic nitrogens is 3. The molecule has 0 bridgehead atoms. The van der Waals surface area contributed by atoms with Gasteiger partial charge in [0.05, 0.1) is 5.69 Å². The number of nitrogens with zero attached hydrogens (tertiary/aromatic N) is 3. The number of hydrogen-bond acceptors (Lipinski definition) is 3. The van der Waals surface area contributed by atoms with Gasteiger partial charge in [0, 0.05) is 33.1 Å². The Labute approximate surface area is 178 Å². The molecular weight excluding hydrogens is 409 g/mol. The maximum absolute atomic E-state index is 6.22. The molecule has 0 amide bonds. The third-order valence-electron chi connectivity index (χ3n) is 4.28.